The monoisotopic (exact) mass is 323 g/mol. The van der Waals surface area contributed by atoms with Gasteiger partial charge in [-0.05, 0) is 50.1 Å². The summed E-state index contributed by atoms with van der Waals surface area (Å²) in [6.45, 7) is 5.65. The first-order valence-electron chi connectivity index (χ1n) is 7.65. The van der Waals surface area contributed by atoms with Crippen LogP contribution < -0.4 is 5.32 Å². The predicted octanol–water partition coefficient (Wildman–Crippen LogP) is 4.19. The van der Waals surface area contributed by atoms with Crippen molar-refractivity contribution >= 4 is 11.6 Å². The second-order valence-corrected chi connectivity index (χ2v) is 5.78. The van der Waals surface area contributed by atoms with E-state index in [0.29, 0.717) is 16.9 Å². The molecule has 0 saturated heterocycles. The summed E-state index contributed by atoms with van der Waals surface area (Å²) in [5.74, 6) is -0.644. The molecule has 0 atom stereocenters. The largest absolute Gasteiger partial charge is 0.322 e. The first-order chi connectivity index (χ1) is 11.5. The Labute approximate surface area is 139 Å². The van der Waals surface area contributed by atoms with Crippen LogP contribution in [-0.2, 0) is 0 Å². The summed E-state index contributed by atoms with van der Waals surface area (Å²) in [7, 11) is 0. The van der Waals surface area contributed by atoms with E-state index < -0.39 is 0 Å². The lowest BCUT2D eigenvalue weighted by Crippen LogP contribution is -2.14. The fourth-order valence-corrected chi connectivity index (χ4v) is 2.56. The number of aryl methyl sites for hydroxylation is 2. The van der Waals surface area contributed by atoms with Crippen LogP contribution in [0.4, 0.5) is 10.1 Å². The van der Waals surface area contributed by atoms with Gasteiger partial charge in [-0.3, -0.25) is 4.79 Å². The number of carbonyl (C=O) groups is 1. The molecule has 1 N–H and O–H groups in total. The highest BCUT2D eigenvalue weighted by Gasteiger charge is 2.17. The third-order valence-corrected chi connectivity index (χ3v) is 3.98. The molecular weight excluding hydrogens is 305 g/mol. The first kappa shape index (κ1) is 15.9. The van der Waals surface area contributed by atoms with Gasteiger partial charge in [-0.2, -0.15) is 5.10 Å². The van der Waals surface area contributed by atoms with Crippen LogP contribution in [0.5, 0.6) is 0 Å². The van der Waals surface area contributed by atoms with E-state index in [1.807, 2.05) is 32.0 Å². The number of nitrogens with zero attached hydrogens (tertiary/aromatic N) is 2. The molecule has 0 aliphatic carbocycles. The molecular formula is C19H18FN3O. The van der Waals surface area contributed by atoms with E-state index in [9.17, 15) is 9.18 Å². The summed E-state index contributed by atoms with van der Waals surface area (Å²) < 4.78 is 15.4. The average Bonchev–Trinajstić information content (AvgIpc) is 2.93. The number of para-hydroxylation sites is 1. The van der Waals surface area contributed by atoms with Crippen LogP contribution in [0.25, 0.3) is 5.69 Å². The lowest BCUT2D eigenvalue weighted by Gasteiger charge is -2.10. The summed E-state index contributed by atoms with van der Waals surface area (Å²) >= 11 is 0. The molecule has 0 spiro atoms. The van der Waals surface area contributed by atoms with Crippen LogP contribution in [0, 0.1) is 26.6 Å². The summed E-state index contributed by atoms with van der Waals surface area (Å²) in [4.78, 5) is 12.6. The number of halogens is 1. The highest BCUT2D eigenvalue weighted by Crippen LogP contribution is 2.20. The van der Waals surface area contributed by atoms with E-state index in [2.05, 4.69) is 10.4 Å². The fourth-order valence-electron chi connectivity index (χ4n) is 2.56. The molecule has 1 amide bonds. The maximum Gasteiger partial charge on any atom is 0.259 e. The van der Waals surface area contributed by atoms with Crippen molar-refractivity contribution in [3.05, 3.63) is 76.9 Å². The molecule has 4 nitrogen and oxygen atoms in total. The van der Waals surface area contributed by atoms with Crippen molar-refractivity contribution in [1.29, 1.82) is 0 Å². The van der Waals surface area contributed by atoms with Gasteiger partial charge < -0.3 is 5.32 Å². The molecule has 0 saturated carbocycles. The minimum atomic E-state index is -0.384. The molecule has 122 valence electrons. The number of benzene rings is 2. The molecule has 0 aliphatic heterocycles. The second kappa shape index (κ2) is 6.28. The lowest BCUT2D eigenvalue weighted by molar-refractivity contribution is 0.102. The predicted molar refractivity (Wildman–Crippen MR) is 92.1 cm³/mol. The Morgan fingerprint density at radius 1 is 1.12 bits per heavy atom. The summed E-state index contributed by atoms with van der Waals surface area (Å²) in [5, 5.41) is 7.07. The van der Waals surface area contributed by atoms with Gasteiger partial charge in [0.1, 0.15) is 11.5 Å². The second-order valence-electron chi connectivity index (χ2n) is 5.78. The van der Waals surface area contributed by atoms with Crippen molar-refractivity contribution in [2.45, 2.75) is 20.8 Å². The number of aromatic nitrogens is 2. The number of anilines is 1. The van der Waals surface area contributed by atoms with Gasteiger partial charge in [0.2, 0.25) is 0 Å². The maximum atomic E-state index is 13.9. The molecule has 5 heteroatoms. The molecule has 3 aromatic rings. The Kier molecular flexibility index (Phi) is 4.16. The van der Waals surface area contributed by atoms with Crippen LogP contribution in [-0.4, -0.2) is 15.7 Å². The molecule has 24 heavy (non-hydrogen) atoms. The van der Waals surface area contributed by atoms with Crippen molar-refractivity contribution in [2.75, 3.05) is 5.32 Å². The molecule has 0 aliphatic rings. The number of nitrogens with one attached hydrogen (secondary N) is 1. The van der Waals surface area contributed by atoms with Crippen molar-refractivity contribution in [2.24, 2.45) is 0 Å². The Hall–Kier alpha value is -2.95. The third-order valence-electron chi connectivity index (χ3n) is 3.98. The minimum Gasteiger partial charge on any atom is -0.322 e. The normalized spacial score (nSPS) is 10.7. The van der Waals surface area contributed by atoms with E-state index in [1.54, 1.807) is 25.1 Å². The number of carbonyl (C=O) groups excluding carboxylic acids is 1. The number of rotatable bonds is 3. The van der Waals surface area contributed by atoms with Gasteiger partial charge in [-0.1, -0.05) is 24.3 Å². The molecule has 0 bridgehead atoms. The molecule has 1 aromatic heterocycles. The number of amides is 1. The van der Waals surface area contributed by atoms with Crippen molar-refractivity contribution in [3.8, 4) is 5.69 Å². The maximum absolute atomic E-state index is 13.9. The van der Waals surface area contributed by atoms with Crippen molar-refractivity contribution < 1.29 is 9.18 Å². The molecule has 0 fully saturated rings. The molecule has 0 unspecified atom stereocenters. The highest BCUT2D eigenvalue weighted by molar-refractivity contribution is 6.05. The fraction of sp³-hybridized carbons (Fsp3) is 0.158. The van der Waals surface area contributed by atoms with Gasteiger partial charge in [0.25, 0.3) is 5.91 Å². The van der Waals surface area contributed by atoms with E-state index in [0.717, 1.165) is 16.8 Å². The summed E-state index contributed by atoms with van der Waals surface area (Å²) in [6, 6.07) is 12.2. The van der Waals surface area contributed by atoms with Crippen LogP contribution in [0.1, 0.15) is 27.2 Å². The van der Waals surface area contributed by atoms with Gasteiger partial charge in [-0.15, -0.1) is 0 Å². The molecule has 0 radical (unpaired) electrons. The number of hydrogen-bond acceptors (Lipinski definition) is 2. The van der Waals surface area contributed by atoms with Gasteiger partial charge in [-0.25, -0.2) is 9.07 Å². The van der Waals surface area contributed by atoms with Gasteiger partial charge in [0.05, 0.1) is 17.5 Å². The molecule has 3 rings (SSSR count). The Bertz CT molecular complexity index is 915. The summed E-state index contributed by atoms with van der Waals surface area (Å²) in [6.07, 6.45) is 1.46. The molecule has 1 heterocycles. The summed E-state index contributed by atoms with van der Waals surface area (Å²) in [5.41, 5.74) is 4.13. The van der Waals surface area contributed by atoms with E-state index >= 15 is 0 Å². The van der Waals surface area contributed by atoms with Gasteiger partial charge in [0.15, 0.2) is 0 Å². The Morgan fingerprint density at radius 3 is 2.62 bits per heavy atom. The standard InChI is InChI=1S/C19H18FN3O/c1-12-8-9-13(2)17(10-12)22-19(24)15-11-21-23(14(15)3)18-7-5-4-6-16(18)20/h4-11H,1-3H3,(H,22,24). The number of hydrogen-bond donors (Lipinski definition) is 1. The van der Waals surface area contributed by atoms with Crippen LogP contribution in [0.15, 0.2) is 48.7 Å². The van der Waals surface area contributed by atoms with E-state index in [-0.39, 0.29) is 11.7 Å². The van der Waals surface area contributed by atoms with E-state index in [4.69, 9.17) is 0 Å². The topological polar surface area (TPSA) is 46.9 Å². The van der Waals surface area contributed by atoms with Crippen LogP contribution >= 0.6 is 0 Å². The van der Waals surface area contributed by atoms with Gasteiger partial charge >= 0.3 is 0 Å². The average molecular weight is 323 g/mol. The first-order valence-corrected chi connectivity index (χ1v) is 7.65. The zero-order valence-electron chi connectivity index (χ0n) is 13.8. The smallest absolute Gasteiger partial charge is 0.259 e. The minimum absolute atomic E-state index is 0.260. The van der Waals surface area contributed by atoms with Gasteiger partial charge in [0, 0.05) is 5.69 Å². The molecule has 2 aromatic carbocycles. The lowest BCUT2D eigenvalue weighted by atomic mass is 10.1. The van der Waals surface area contributed by atoms with Crippen molar-refractivity contribution in [1.82, 2.24) is 9.78 Å². The highest BCUT2D eigenvalue weighted by atomic mass is 19.1. The zero-order chi connectivity index (χ0) is 17.3. The van der Waals surface area contributed by atoms with Crippen molar-refractivity contribution in [3.63, 3.8) is 0 Å². The Morgan fingerprint density at radius 2 is 1.88 bits per heavy atom. The van der Waals surface area contributed by atoms with Crippen LogP contribution in [0.2, 0.25) is 0 Å². The van der Waals surface area contributed by atoms with Crippen LogP contribution in [0.3, 0.4) is 0 Å². The SMILES string of the molecule is Cc1ccc(C)c(NC(=O)c2cnn(-c3ccccc3F)c2C)c1. The third kappa shape index (κ3) is 2.93. The quantitative estimate of drug-likeness (QED) is 0.785. The zero-order valence-corrected chi connectivity index (χ0v) is 13.8. The Balaban J connectivity index is 1.92. The van der Waals surface area contributed by atoms with E-state index in [1.165, 1.54) is 16.9 Å².